The maximum atomic E-state index is 10.9. The Hall–Kier alpha value is -1.58. The van der Waals surface area contributed by atoms with Gasteiger partial charge in [0.15, 0.2) is 11.9 Å². The summed E-state index contributed by atoms with van der Waals surface area (Å²) in [6, 6.07) is 1.91. The van der Waals surface area contributed by atoms with Gasteiger partial charge in [-0.1, -0.05) is 0 Å². The monoisotopic (exact) mass is 203 g/mol. The Morgan fingerprint density at radius 2 is 2.40 bits per heavy atom. The van der Waals surface area contributed by atoms with Gasteiger partial charge in [0.25, 0.3) is 0 Å². The van der Waals surface area contributed by atoms with E-state index in [1.54, 1.807) is 4.68 Å². The molecule has 0 saturated heterocycles. The molecule has 1 fully saturated rings. The highest BCUT2D eigenvalue weighted by molar-refractivity contribution is 5.86. The Morgan fingerprint density at radius 1 is 1.60 bits per heavy atom. The summed E-state index contributed by atoms with van der Waals surface area (Å²) in [5.41, 5.74) is 1.69. The van der Waals surface area contributed by atoms with Gasteiger partial charge < -0.3 is 4.57 Å². The molecule has 0 aromatic carbocycles. The van der Waals surface area contributed by atoms with E-state index in [9.17, 15) is 4.79 Å². The first kappa shape index (κ1) is 8.71. The fraction of sp³-hybridized carbons (Fsp3) is 0.455. The average Bonchev–Trinajstić information content (AvgIpc) is 2.87. The van der Waals surface area contributed by atoms with Gasteiger partial charge in [0, 0.05) is 25.2 Å². The highest BCUT2D eigenvalue weighted by atomic mass is 16.1. The standard InChI is InChI=1S/C11H13N3O/c1-13-6-9-4-10(7-15)14(11(9)12-13)5-8-2-3-8/h4,6-8H,2-3,5H2,1H3. The molecular weight excluding hydrogens is 190 g/mol. The largest absolute Gasteiger partial charge is 0.321 e. The number of rotatable bonds is 3. The van der Waals surface area contributed by atoms with E-state index in [4.69, 9.17) is 0 Å². The molecular formula is C11H13N3O. The number of hydrogen-bond donors (Lipinski definition) is 0. The smallest absolute Gasteiger partial charge is 0.166 e. The lowest BCUT2D eigenvalue weighted by molar-refractivity contribution is 0.111. The summed E-state index contributed by atoms with van der Waals surface area (Å²) in [7, 11) is 1.90. The van der Waals surface area contributed by atoms with Crippen LogP contribution in [-0.4, -0.2) is 20.6 Å². The number of carbonyl (C=O) groups excluding carboxylic acids is 1. The predicted octanol–water partition coefficient (Wildman–Crippen LogP) is 1.60. The van der Waals surface area contributed by atoms with Gasteiger partial charge in [-0.3, -0.25) is 9.48 Å². The number of aryl methyl sites for hydroxylation is 1. The topological polar surface area (TPSA) is 39.8 Å². The van der Waals surface area contributed by atoms with Gasteiger partial charge in [0.2, 0.25) is 0 Å². The molecule has 2 aromatic rings. The van der Waals surface area contributed by atoms with E-state index in [2.05, 4.69) is 5.10 Å². The first-order chi connectivity index (χ1) is 7.28. The van der Waals surface area contributed by atoms with Crippen LogP contribution >= 0.6 is 0 Å². The van der Waals surface area contributed by atoms with Crippen LogP contribution in [0.3, 0.4) is 0 Å². The zero-order valence-electron chi connectivity index (χ0n) is 8.68. The van der Waals surface area contributed by atoms with Crippen molar-refractivity contribution in [1.29, 1.82) is 0 Å². The number of hydrogen-bond acceptors (Lipinski definition) is 2. The molecule has 2 heterocycles. The summed E-state index contributed by atoms with van der Waals surface area (Å²) < 4.78 is 3.84. The predicted molar refractivity (Wildman–Crippen MR) is 56.8 cm³/mol. The zero-order valence-corrected chi connectivity index (χ0v) is 8.68. The van der Waals surface area contributed by atoms with E-state index in [1.165, 1.54) is 12.8 Å². The normalized spacial score (nSPS) is 16.1. The van der Waals surface area contributed by atoms with Crippen molar-refractivity contribution in [2.45, 2.75) is 19.4 Å². The van der Waals surface area contributed by atoms with Crippen LogP contribution in [0, 0.1) is 5.92 Å². The lowest BCUT2D eigenvalue weighted by Gasteiger charge is -2.03. The lowest BCUT2D eigenvalue weighted by Crippen LogP contribution is -2.05. The summed E-state index contributed by atoms with van der Waals surface area (Å²) in [6.07, 6.45) is 5.44. The van der Waals surface area contributed by atoms with Gasteiger partial charge >= 0.3 is 0 Å². The van der Waals surface area contributed by atoms with Crippen molar-refractivity contribution in [2.75, 3.05) is 0 Å². The van der Waals surface area contributed by atoms with Crippen LogP contribution in [0.2, 0.25) is 0 Å². The van der Waals surface area contributed by atoms with Crippen molar-refractivity contribution in [1.82, 2.24) is 14.3 Å². The molecule has 1 aliphatic rings. The number of carbonyl (C=O) groups is 1. The van der Waals surface area contributed by atoms with Gasteiger partial charge in [-0.15, -0.1) is 0 Å². The summed E-state index contributed by atoms with van der Waals surface area (Å²) >= 11 is 0. The molecule has 2 aromatic heterocycles. The van der Waals surface area contributed by atoms with Crippen molar-refractivity contribution < 1.29 is 4.79 Å². The van der Waals surface area contributed by atoms with Crippen molar-refractivity contribution in [3.8, 4) is 0 Å². The van der Waals surface area contributed by atoms with Gasteiger partial charge in [0.05, 0.1) is 5.69 Å². The summed E-state index contributed by atoms with van der Waals surface area (Å²) in [5, 5.41) is 5.44. The zero-order chi connectivity index (χ0) is 10.4. The Balaban J connectivity index is 2.14. The van der Waals surface area contributed by atoms with Crippen LogP contribution in [0.1, 0.15) is 23.3 Å². The summed E-state index contributed by atoms with van der Waals surface area (Å²) in [6.45, 7) is 0.939. The van der Waals surface area contributed by atoms with Gasteiger partial charge in [-0.05, 0) is 24.8 Å². The minimum atomic E-state index is 0.750. The quantitative estimate of drug-likeness (QED) is 0.711. The first-order valence-electron chi connectivity index (χ1n) is 5.26. The molecule has 0 spiro atoms. The molecule has 1 saturated carbocycles. The fourth-order valence-corrected chi connectivity index (χ4v) is 2.01. The molecule has 0 radical (unpaired) electrons. The SMILES string of the molecule is Cn1cc2cc(C=O)n(CC3CC3)c2n1. The minimum Gasteiger partial charge on any atom is -0.321 e. The van der Waals surface area contributed by atoms with Crippen LogP contribution in [0.25, 0.3) is 11.0 Å². The van der Waals surface area contributed by atoms with E-state index in [-0.39, 0.29) is 0 Å². The van der Waals surface area contributed by atoms with E-state index < -0.39 is 0 Å². The fourth-order valence-electron chi connectivity index (χ4n) is 2.01. The molecule has 0 amide bonds. The van der Waals surface area contributed by atoms with E-state index in [1.807, 2.05) is 23.9 Å². The lowest BCUT2D eigenvalue weighted by atomic mass is 10.4. The van der Waals surface area contributed by atoms with Crippen molar-refractivity contribution in [3.05, 3.63) is 18.0 Å². The van der Waals surface area contributed by atoms with Gasteiger partial charge in [-0.2, -0.15) is 5.10 Å². The Kier molecular flexibility index (Phi) is 1.71. The molecule has 0 aliphatic heterocycles. The summed E-state index contributed by atoms with van der Waals surface area (Å²) in [4.78, 5) is 10.9. The number of fused-ring (bicyclic) bond motifs is 1. The Bertz CT molecular complexity index is 519. The highest BCUT2D eigenvalue weighted by Crippen LogP contribution is 2.32. The molecule has 0 unspecified atom stereocenters. The minimum absolute atomic E-state index is 0.750. The van der Waals surface area contributed by atoms with Crippen molar-refractivity contribution in [3.63, 3.8) is 0 Å². The molecule has 78 valence electrons. The molecule has 0 atom stereocenters. The molecule has 0 N–H and O–H groups in total. The van der Waals surface area contributed by atoms with Crippen LogP contribution in [-0.2, 0) is 13.6 Å². The molecule has 0 bridgehead atoms. The van der Waals surface area contributed by atoms with Gasteiger partial charge in [-0.25, -0.2) is 0 Å². The third-order valence-corrected chi connectivity index (χ3v) is 2.97. The molecule has 1 aliphatic carbocycles. The Labute approximate surface area is 87.5 Å². The van der Waals surface area contributed by atoms with E-state index in [0.29, 0.717) is 0 Å². The first-order valence-corrected chi connectivity index (χ1v) is 5.26. The number of aldehydes is 1. The van der Waals surface area contributed by atoms with Crippen LogP contribution < -0.4 is 0 Å². The average molecular weight is 203 g/mol. The molecule has 3 rings (SSSR count). The van der Waals surface area contributed by atoms with Crippen molar-refractivity contribution in [2.24, 2.45) is 13.0 Å². The Morgan fingerprint density at radius 3 is 3.07 bits per heavy atom. The molecule has 4 nitrogen and oxygen atoms in total. The second kappa shape index (κ2) is 2.95. The van der Waals surface area contributed by atoms with E-state index in [0.717, 1.165) is 35.5 Å². The molecule has 15 heavy (non-hydrogen) atoms. The van der Waals surface area contributed by atoms with Crippen molar-refractivity contribution >= 4 is 17.3 Å². The van der Waals surface area contributed by atoms with Crippen LogP contribution in [0.4, 0.5) is 0 Å². The third-order valence-electron chi connectivity index (χ3n) is 2.97. The van der Waals surface area contributed by atoms with E-state index >= 15 is 0 Å². The second-order valence-electron chi connectivity index (χ2n) is 4.32. The number of aromatic nitrogens is 3. The van der Waals surface area contributed by atoms with Gasteiger partial charge in [0.1, 0.15) is 0 Å². The summed E-state index contributed by atoms with van der Waals surface area (Å²) in [5.74, 6) is 0.751. The molecule has 4 heteroatoms. The third kappa shape index (κ3) is 1.37. The van der Waals surface area contributed by atoms with Crippen LogP contribution in [0.15, 0.2) is 12.3 Å². The second-order valence-corrected chi connectivity index (χ2v) is 4.32. The number of nitrogens with zero attached hydrogens (tertiary/aromatic N) is 3. The maximum Gasteiger partial charge on any atom is 0.166 e. The maximum absolute atomic E-state index is 10.9. The highest BCUT2D eigenvalue weighted by Gasteiger charge is 2.24. The van der Waals surface area contributed by atoms with Crippen LogP contribution in [0.5, 0.6) is 0 Å².